The fourth-order valence-electron chi connectivity index (χ4n) is 4.12. The van der Waals surface area contributed by atoms with Crippen LogP contribution in [0.3, 0.4) is 0 Å². The minimum absolute atomic E-state index is 0.0434. The number of fused-ring (bicyclic) bond motifs is 1. The monoisotopic (exact) mass is 429 g/mol. The van der Waals surface area contributed by atoms with Crippen molar-refractivity contribution in [2.24, 2.45) is 0 Å². The molecular formula is C21H22F3N7. The Kier molecular flexibility index (Phi) is 4.81. The van der Waals surface area contributed by atoms with Crippen molar-refractivity contribution in [1.82, 2.24) is 20.3 Å². The second-order valence-electron chi connectivity index (χ2n) is 7.79. The normalized spacial score (nSPS) is 17.1. The van der Waals surface area contributed by atoms with Crippen molar-refractivity contribution in [2.75, 3.05) is 54.8 Å². The Morgan fingerprint density at radius 2 is 1.74 bits per heavy atom. The van der Waals surface area contributed by atoms with Crippen molar-refractivity contribution in [3.63, 3.8) is 0 Å². The molecule has 2 fully saturated rings. The maximum atomic E-state index is 13.8. The molecule has 5 rings (SSSR count). The fourth-order valence-corrected chi connectivity index (χ4v) is 4.12. The van der Waals surface area contributed by atoms with Crippen LogP contribution in [0.15, 0.2) is 30.6 Å². The van der Waals surface area contributed by atoms with E-state index in [1.54, 1.807) is 6.07 Å². The molecule has 3 aromatic rings. The first-order valence-electron chi connectivity index (χ1n) is 10.3. The lowest BCUT2D eigenvalue weighted by Crippen LogP contribution is -2.44. The van der Waals surface area contributed by atoms with E-state index in [0.717, 1.165) is 63.0 Å². The second kappa shape index (κ2) is 7.52. The molecule has 0 radical (unpaired) electrons. The van der Waals surface area contributed by atoms with E-state index in [4.69, 9.17) is 5.73 Å². The standard InChI is InChI=1S/C21H22F3N7/c22-21(23,24)15-2-3-18(25)29-19(15)14-10-16-13(11-17(14)30-6-1-7-30)20(28-12-27-16)31-8-4-26-5-9-31/h2-3,10-12,26H,1,4-9H2,(H2,25,29). The van der Waals surface area contributed by atoms with Crippen LogP contribution in [0.4, 0.5) is 30.5 Å². The predicted octanol–water partition coefficient (Wildman–Crippen LogP) is 2.91. The first kappa shape index (κ1) is 19.8. The Labute approximate surface area is 177 Å². The van der Waals surface area contributed by atoms with E-state index in [0.29, 0.717) is 16.8 Å². The van der Waals surface area contributed by atoms with Crippen molar-refractivity contribution < 1.29 is 13.2 Å². The Hall–Kier alpha value is -3.14. The molecule has 3 N–H and O–H groups in total. The Bertz CT molecular complexity index is 1120. The van der Waals surface area contributed by atoms with E-state index in [-0.39, 0.29) is 11.5 Å². The summed E-state index contributed by atoms with van der Waals surface area (Å²) in [6, 6.07) is 5.77. The maximum Gasteiger partial charge on any atom is 0.418 e. The largest absolute Gasteiger partial charge is 0.418 e. The number of hydrogen-bond acceptors (Lipinski definition) is 7. The number of hydrogen-bond donors (Lipinski definition) is 2. The number of nitrogen functional groups attached to an aromatic ring is 1. The van der Waals surface area contributed by atoms with Crippen molar-refractivity contribution in [3.05, 3.63) is 36.2 Å². The molecule has 2 aliphatic heterocycles. The van der Waals surface area contributed by atoms with Crippen molar-refractivity contribution >= 4 is 28.2 Å². The number of alkyl halides is 3. The van der Waals surface area contributed by atoms with Crippen LogP contribution in [-0.2, 0) is 6.18 Å². The minimum Gasteiger partial charge on any atom is -0.384 e. The number of aromatic nitrogens is 3. The smallest absolute Gasteiger partial charge is 0.384 e. The van der Waals surface area contributed by atoms with Gasteiger partial charge in [-0.1, -0.05) is 0 Å². The predicted molar refractivity (Wildman–Crippen MR) is 114 cm³/mol. The highest BCUT2D eigenvalue weighted by Crippen LogP contribution is 2.43. The van der Waals surface area contributed by atoms with Gasteiger partial charge in [0.15, 0.2) is 0 Å². The lowest BCUT2D eigenvalue weighted by molar-refractivity contribution is -0.137. The van der Waals surface area contributed by atoms with Crippen molar-refractivity contribution in [2.45, 2.75) is 12.6 Å². The molecular weight excluding hydrogens is 407 g/mol. The molecule has 0 aliphatic carbocycles. The van der Waals surface area contributed by atoms with E-state index < -0.39 is 11.7 Å². The zero-order valence-corrected chi connectivity index (χ0v) is 16.8. The lowest BCUT2D eigenvalue weighted by Gasteiger charge is -2.35. The summed E-state index contributed by atoms with van der Waals surface area (Å²) in [4.78, 5) is 17.2. The summed E-state index contributed by atoms with van der Waals surface area (Å²) >= 11 is 0. The highest BCUT2D eigenvalue weighted by molar-refractivity contribution is 5.98. The van der Waals surface area contributed by atoms with Crippen LogP contribution in [0, 0.1) is 0 Å². The molecule has 0 unspecified atom stereocenters. The molecule has 0 saturated carbocycles. The molecule has 0 amide bonds. The summed E-state index contributed by atoms with van der Waals surface area (Å²) in [6.07, 6.45) is -2.09. The van der Waals surface area contributed by atoms with Crippen LogP contribution < -0.4 is 20.9 Å². The van der Waals surface area contributed by atoms with Crippen LogP contribution in [0.2, 0.25) is 0 Å². The molecule has 4 heterocycles. The van der Waals surface area contributed by atoms with E-state index in [1.807, 2.05) is 6.07 Å². The van der Waals surface area contributed by atoms with E-state index in [1.165, 1.54) is 12.4 Å². The number of piperazine rings is 1. The van der Waals surface area contributed by atoms with Gasteiger partial charge in [-0.05, 0) is 30.7 Å². The topological polar surface area (TPSA) is 83.2 Å². The average Bonchev–Trinajstić information content (AvgIpc) is 2.71. The first-order valence-corrected chi connectivity index (χ1v) is 10.3. The summed E-state index contributed by atoms with van der Waals surface area (Å²) in [6.45, 7) is 4.87. The van der Waals surface area contributed by atoms with Crippen LogP contribution >= 0.6 is 0 Å². The Morgan fingerprint density at radius 3 is 2.42 bits per heavy atom. The average molecular weight is 429 g/mol. The molecule has 0 bridgehead atoms. The number of anilines is 3. The van der Waals surface area contributed by atoms with E-state index >= 15 is 0 Å². The number of nitrogens with two attached hydrogens (primary N) is 1. The third-order valence-corrected chi connectivity index (χ3v) is 5.82. The summed E-state index contributed by atoms with van der Waals surface area (Å²) in [5, 5.41) is 4.14. The van der Waals surface area contributed by atoms with Crippen LogP contribution in [0.1, 0.15) is 12.0 Å². The number of nitrogens with zero attached hydrogens (tertiary/aromatic N) is 5. The van der Waals surface area contributed by atoms with Gasteiger partial charge in [-0.25, -0.2) is 15.0 Å². The molecule has 0 spiro atoms. The first-order chi connectivity index (χ1) is 14.9. The van der Waals surface area contributed by atoms with Gasteiger partial charge in [-0.3, -0.25) is 0 Å². The summed E-state index contributed by atoms with van der Waals surface area (Å²) in [5.41, 5.74) is 6.48. The number of rotatable bonds is 3. The van der Waals surface area contributed by atoms with E-state index in [9.17, 15) is 13.2 Å². The molecule has 2 saturated heterocycles. The molecule has 7 nitrogen and oxygen atoms in total. The van der Waals surface area contributed by atoms with Crippen LogP contribution in [0.5, 0.6) is 0 Å². The third-order valence-electron chi connectivity index (χ3n) is 5.82. The highest BCUT2D eigenvalue weighted by atomic mass is 19.4. The zero-order valence-electron chi connectivity index (χ0n) is 16.8. The second-order valence-corrected chi connectivity index (χ2v) is 7.79. The van der Waals surface area contributed by atoms with Crippen molar-refractivity contribution in [3.8, 4) is 11.3 Å². The minimum atomic E-state index is -4.55. The molecule has 2 aliphatic rings. The van der Waals surface area contributed by atoms with Crippen LogP contribution in [0.25, 0.3) is 22.2 Å². The van der Waals surface area contributed by atoms with Gasteiger partial charge in [-0.2, -0.15) is 13.2 Å². The third kappa shape index (κ3) is 3.60. The Balaban J connectivity index is 1.74. The van der Waals surface area contributed by atoms with Gasteiger partial charge in [0.2, 0.25) is 0 Å². The molecule has 0 atom stereocenters. The molecule has 31 heavy (non-hydrogen) atoms. The quantitative estimate of drug-likeness (QED) is 0.662. The highest BCUT2D eigenvalue weighted by Gasteiger charge is 2.36. The van der Waals surface area contributed by atoms with Gasteiger partial charge in [0.1, 0.15) is 18.0 Å². The van der Waals surface area contributed by atoms with Gasteiger partial charge in [0, 0.05) is 55.9 Å². The van der Waals surface area contributed by atoms with Gasteiger partial charge < -0.3 is 20.9 Å². The van der Waals surface area contributed by atoms with E-state index in [2.05, 4.69) is 30.1 Å². The van der Waals surface area contributed by atoms with Gasteiger partial charge >= 0.3 is 6.18 Å². The fraction of sp³-hybridized carbons (Fsp3) is 0.381. The SMILES string of the molecule is Nc1ccc(C(F)(F)F)c(-c2cc3ncnc(N4CCNCC4)c3cc2N2CCC2)n1. The summed E-state index contributed by atoms with van der Waals surface area (Å²) in [7, 11) is 0. The maximum absolute atomic E-state index is 13.8. The molecule has 10 heteroatoms. The number of pyridine rings is 1. The molecule has 1 aromatic carbocycles. The zero-order chi connectivity index (χ0) is 21.6. The summed E-state index contributed by atoms with van der Waals surface area (Å²) < 4.78 is 41.3. The molecule has 162 valence electrons. The van der Waals surface area contributed by atoms with Gasteiger partial charge in [0.25, 0.3) is 0 Å². The lowest BCUT2D eigenvalue weighted by atomic mass is 9.98. The van der Waals surface area contributed by atoms with Gasteiger partial charge in [0.05, 0.1) is 16.8 Å². The number of halogens is 3. The van der Waals surface area contributed by atoms with Crippen LogP contribution in [-0.4, -0.2) is 54.2 Å². The summed E-state index contributed by atoms with van der Waals surface area (Å²) in [5.74, 6) is 0.846. The number of benzene rings is 1. The van der Waals surface area contributed by atoms with Crippen molar-refractivity contribution in [1.29, 1.82) is 0 Å². The molecule has 2 aromatic heterocycles. The Morgan fingerprint density at radius 1 is 0.968 bits per heavy atom. The number of nitrogens with one attached hydrogen (secondary N) is 1. The van der Waals surface area contributed by atoms with Gasteiger partial charge in [-0.15, -0.1) is 0 Å².